The second-order valence-electron chi connectivity index (χ2n) is 4.26. The van der Waals surface area contributed by atoms with Crippen LogP contribution in [-0.4, -0.2) is 32.1 Å². The summed E-state index contributed by atoms with van der Waals surface area (Å²) in [4.78, 5) is 22.0. The van der Waals surface area contributed by atoms with Crippen molar-refractivity contribution in [2.75, 3.05) is 20.2 Å². The zero-order chi connectivity index (χ0) is 12.8. The molecule has 92 valence electrons. The molecule has 5 heteroatoms. The first-order valence-electron chi connectivity index (χ1n) is 5.07. The monoisotopic (exact) mass is 228 g/mol. The van der Waals surface area contributed by atoms with Gasteiger partial charge in [0.15, 0.2) is 0 Å². The highest BCUT2D eigenvalue weighted by Crippen LogP contribution is 2.11. The molecule has 0 unspecified atom stereocenters. The summed E-state index contributed by atoms with van der Waals surface area (Å²) in [7, 11) is 1.34. The van der Waals surface area contributed by atoms with Crippen molar-refractivity contribution in [1.82, 2.24) is 5.32 Å². The van der Waals surface area contributed by atoms with Crippen LogP contribution in [0.4, 0.5) is 0 Å². The van der Waals surface area contributed by atoms with Crippen molar-refractivity contribution in [3.8, 4) is 0 Å². The quantitative estimate of drug-likeness (QED) is 0.387. The zero-order valence-electron chi connectivity index (χ0n) is 10.3. The van der Waals surface area contributed by atoms with Crippen LogP contribution >= 0.6 is 0 Å². The lowest BCUT2D eigenvalue weighted by Gasteiger charge is -2.20. The van der Waals surface area contributed by atoms with Crippen LogP contribution in [0, 0.1) is 5.41 Å². The van der Waals surface area contributed by atoms with Crippen molar-refractivity contribution in [1.29, 1.82) is 0 Å². The number of rotatable bonds is 6. The number of nitrogens with two attached hydrogens (primary N) is 1. The largest absolute Gasteiger partial charge is 0.466 e. The van der Waals surface area contributed by atoms with Crippen molar-refractivity contribution in [3.05, 3.63) is 11.6 Å². The molecule has 0 bridgehead atoms. The van der Waals surface area contributed by atoms with Crippen LogP contribution in [0.1, 0.15) is 20.8 Å². The number of nitrogens with one attached hydrogen (secondary N) is 1. The third-order valence-corrected chi connectivity index (χ3v) is 2.29. The first-order valence-corrected chi connectivity index (χ1v) is 5.07. The Hall–Kier alpha value is -1.36. The molecule has 0 aromatic carbocycles. The Bertz CT molecular complexity index is 296. The summed E-state index contributed by atoms with van der Waals surface area (Å²) in [6.45, 7) is 6.16. The molecule has 0 radical (unpaired) electrons. The lowest BCUT2D eigenvalue weighted by atomic mass is 9.93. The lowest BCUT2D eigenvalue weighted by Crippen LogP contribution is -2.40. The van der Waals surface area contributed by atoms with Gasteiger partial charge in [-0.15, -0.1) is 0 Å². The molecular weight excluding hydrogens is 208 g/mol. The molecule has 0 aliphatic carbocycles. The van der Waals surface area contributed by atoms with Crippen molar-refractivity contribution in [2.24, 2.45) is 11.1 Å². The van der Waals surface area contributed by atoms with Gasteiger partial charge >= 0.3 is 5.97 Å². The Morgan fingerprint density at radius 3 is 2.44 bits per heavy atom. The van der Waals surface area contributed by atoms with Crippen molar-refractivity contribution in [3.63, 3.8) is 0 Å². The van der Waals surface area contributed by atoms with E-state index in [1.54, 1.807) is 26.8 Å². The fourth-order valence-corrected chi connectivity index (χ4v) is 0.941. The second kappa shape index (κ2) is 6.27. The molecule has 1 amide bonds. The van der Waals surface area contributed by atoms with Crippen molar-refractivity contribution >= 4 is 11.9 Å². The fraction of sp³-hybridized carbons (Fsp3) is 0.636. The van der Waals surface area contributed by atoms with E-state index in [2.05, 4.69) is 10.1 Å². The van der Waals surface area contributed by atoms with E-state index >= 15 is 0 Å². The van der Waals surface area contributed by atoms with Gasteiger partial charge in [0.2, 0.25) is 5.91 Å². The van der Waals surface area contributed by atoms with Gasteiger partial charge in [0, 0.05) is 18.7 Å². The third kappa shape index (κ3) is 4.93. The maximum Gasteiger partial charge on any atom is 0.333 e. The topological polar surface area (TPSA) is 81.4 Å². The van der Waals surface area contributed by atoms with Crippen LogP contribution in [-0.2, 0) is 14.3 Å². The number of amides is 1. The average molecular weight is 228 g/mol. The molecule has 0 saturated carbocycles. The Morgan fingerprint density at radius 2 is 2.00 bits per heavy atom. The van der Waals surface area contributed by atoms with Crippen LogP contribution in [0.15, 0.2) is 11.6 Å². The summed E-state index contributed by atoms with van der Waals surface area (Å²) in [5, 5.41) is 3.03. The molecule has 0 spiro atoms. The van der Waals surface area contributed by atoms with Gasteiger partial charge in [0.25, 0.3) is 0 Å². The van der Waals surface area contributed by atoms with E-state index in [1.165, 1.54) is 7.11 Å². The van der Waals surface area contributed by atoms with E-state index < -0.39 is 5.41 Å². The summed E-state index contributed by atoms with van der Waals surface area (Å²) in [5.74, 6) is -0.704. The molecule has 0 aromatic heterocycles. The molecule has 0 fully saturated rings. The highest BCUT2D eigenvalue weighted by atomic mass is 16.5. The molecule has 3 N–H and O–H groups in total. The SMILES string of the molecule is COC(=O)C(C)=CCNCC(C)(C)C(N)=O. The Labute approximate surface area is 96.0 Å². The number of esters is 1. The zero-order valence-corrected chi connectivity index (χ0v) is 10.3. The number of hydrogen-bond donors (Lipinski definition) is 2. The van der Waals surface area contributed by atoms with E-state index in [0.717, 1.165) is 0 Å². The van der Waals surface area contributed by atoms with Crippen LogP contribution in [0.3, 0.4) is 0 Å². The molecule has 0 atom stereocenters. The number of methoxy groups -OCH3 is 1. The molecule has 0 aliphatic heterocycles. The summed E-state index contributed by atoms with van der Waals surface area (Å²) in [6, 6.07) is 0. The number of carbonyl (C=O) groups excluding carboxylic acids is 2. The van der Waals surface area contributed by atoms with Crippen LogP contribution in [0.5, 0.6) is 0 Å². The minimum Gasteiger partial charge on any atom is -0.466 e. The van der Waals surface area contributed by atoms with Gasteiger partial charge in [-0.25, -0.2) is 4.79 Å². The highest BCUT2D eigenvalue weighted by Gasteiger charge is 2.23. The Morgan fingerprint density at radius 1 is 1.44 bits per heavy atom. The van der Waals surface area contributed by atoms with Crippen LogP contribution < -0.4 is 11.1 Å². The van der Waals surface area contributed by atoms with E-state index in [9.17, 15) is 9.59 Å². The van der Waals surface area contributed by atoms with E-state index in [0.29, 0.717) is 18.7 Å². The highest BCUT2D eigenvalue weighted by molar-refractivity contribution is 5.87. The molecule has 16 heavy (non-hydrogen) atoms. The molecule has 0 rings (SSSR count). The first-order chi connectivity index (χ1) is 7.31. The van der Waals surface area contributed by atoms with Gasteiger partial charge in [0.1, 0.15) is 0 Å². The average Bonchev–Trinajstić information content (AvgIpc) is 2.22. The van der Waals surface area contributed by atoms with Crippen LogP contribution in [0.25, 0.3) is 0 Å². The number of carbonyl (C=O) groups is 2. The van der Waals surface area contributed by atoms with Gasteiger partial charge < -0.3 is 15.8 Å². The standard InChI is InChI=1S/C11H20N2O3/c1-8(9(14)16-4)5-6-13-7-11(2,3)10(12)15/h5,13H,6-7H2,1-4H3,(H2,12,15). The maximum absolute atomic E-state index is 11.0. The lowest BCUT2D eigenvalue weighted by molar-refractivity contribution is -0.136. The fourth-order valence-electron chi connectivity index (χ4n) is 0.941. The van der Waals surface area contributed by atoms with Gasteiger partial charge in [-0.05, 0) is 20.8 Å². The number of primary amides is 1. The molecule has 0 saturated heterocycles. The summed E-state index contributed by atoms with van der Waals surface area (Å²) >= 11 is 0. The minimum absolute atomic E-state index is 0.351. The first kappa shape index (κ1) is 14.6. The van der Waals surface area contributed by atoms with E-state index in [1.807, 2.05) is 0 Å². The van der Waals surface area contributed by atoms with E-state index in [4.69, 9.17) is 5.73 Å². The molecule has 5 nitrogen and oxygen atoms in total. The normalized spacial score (nSPS) is 12.4. The van der Waals surface area contributed by atoms with Gasteiger partial charge in [-0.2, -0.15) is 0 Å². The van der Waals surface area contributed by atoms with Crippen molar-refractivity contribution in [2.45, 2.75) is 20.8 Å². The maximum atomic E-state index is 11.0. The van der Waals surface area contributed by atoms with Crippen LogP contribution in [0.2, 0.25) is 0 Å². The Balaban J connectivity index is 4.01. The molecule has 0 aliphatic rings. The predicted octanol–water partition coefficient (Wildman–Crippen LogP) is 0.207. The Kier molecular flexibility index (Phi) is 5.74. The molecule has 0 aromatic rings. The van der Waals surface area contributed by atoms with Crippen molar-refractivity contribution < 1.29 is 14.3 Å². The third-order valence-electron chi connectivity index (χ3n) is 2.29. The number of ether oxygens (including phenoxy) is 1. The predicted molar refractivity (Wildman–Crippen MR) is 61.6 cm³/mol. The second-order valence-corrected chi connectivity index (χ2v) is 4.26. The number of hydrogen-bond acceptors (Lipinski definition) is 4. The summed E-state index contributed by atoms with van der Waals surface area (Å²) in [6.07, 6.45) is 1.71. The van der Waals surface area contributed by atoms with Gasteiger partial charge in [-0.1, -0.05) is 6.08 Å². The van der Waals surface area contributed by atoms with E-state index in [-0.39, 0.29) is 11.9 Å². The molecule has 0 heterocycles. The van der Waals surface area contributed by atoms with Gasteiger partial charge in [-0.3, -0.25) is 4.79 Å². The molecular formula is C11H20N2O3. The summed E-state index contributed by atoms with van der Waals surface area (Å²) in [5.41, 5.74) is 5.16. The van der Waals surface area contributed by atoms with Gasteiger partial charge in [0.05, 0.1) is 12.5 Å². The summed E-state index contributed by atoms with van der Waals surface area (Å²) < 4.78 is 4.54. The smallest absolute Gasteiger partial charge is 0.333 e. The minimum atomic E-state index is -0.590.